The molecule has 1 saturated heterocycles. The predicted molar refractivity (Wildman–Crippen MR) is 125 cm³/mol. The lowest BCUT2D eigenvalue weighted by Crippen LogP contribution is -2.39. The van der Waals surface area contributed by atoms with Crippen LogP contribution in [-0.2, 0) is 9.53 Å². The Morgan fingerprint density at radius 1 is 1.18 bits per heavy atom. The van der Waals surface area contributed by atoms with E-state index >= 15 is 0 Å². The van der Waals surface area contributed by atoms with Crippen molar-refractivity contribution >= 4 is 23.3 Å². The van der Waals surface area contributed by atoms with Gasteiger partial charge in [-0.15, -0.1) is 0 Å². The summed E-state index contributed by atoms with van der Waals surface area (Å²) in [7, 11) is 3.39. The molecule has 0 spiro atoms. The highest BCUT2D eigenvalue weighted by Gasteiger charge is 2.27. The summed E-state index contributed by atoms with van der Waals surface area (Å²) in [5.41, 5.74) is 2.11. The van der Waals surface area contributed by atoms with Crippen molar-refractivity contribution < 1.29 is 14.3 Å². The van der Waals surface area contributed by atoms with Crippen LogP contribution >= 0.6 is 0 Å². The maximum Gasteiger partial charge on any atom is 0.278 e. The normalized spacial score (nSPS) is 20.1. The average molecular weight is 465 g/mol. The number of hydrogen-bond acceptors (Lipinski definition) is 9. The molecule has 3 N–H and O–H groups in total. The van der Waals surface area contributed by atoms with Crippen LogP contribution in [0.3, 0.4) is 0 Å². The van der Waals surface area contributed by atoms with Gasteiger partial charge in [0.2, 0.25) is 0 Å². The Kier molecular flexibility index (Phi) is 7.12. The summed E-state index contributed by atoms with van der Waals surface area (Å²) < 4.78 is 5.48. The molecule has 4 heterocycles. The molecule has 2 aliphatic heterocycles. The van der Waals surface area contributed by atoms with Gasteiger partial charge in [-0.3, -0.25) is 9.59 Å². The average Bonchev–Trinajstić information content (AvgIpc) is 3.35. The fourth-order valence-corrected chi connectivity index (χ4v) is 3.83. The van der Waals surface area contributed by atoms with E-state index in [1.807, 2.05) is 24.9 Å². The molecule has 0 saturated carbocycles. The Morgan fingerprint density at radius 2 is 1.97 bits per heavy atom. The second-order valence-electron chi connectivity index (χ2n) is 8.20. The molecule has 0 aromatic carbocycles. The van der Waals surface area contributed by atoms with Gasteiger partial charge in [-0.25, -0.2) is 19.9 Å². The highest BCUT2D eigenvalue weighted by atomic mass is 16.5. The summed E-state index contributed by atoms with van der Waals surface area (Å²) in [6.07, 6.45) is 11.4. The number of carbonyl (C=O) groups excluding carboxylic acids is 2. The Balaban J connectivity index is 1.71. The minimum Gasteiger partial charge on any atom is -0.381 e. The first-order valence-electron chi connectivity index (χ1n) is 11.1. The number of carbonyl (C=O) groups is 2. The zero-order chi connectivity index (χ0) is 24.1. The fraction of sp³-hybridized carbons (Fsp3) is 0.391. The van der Waals surface area contributed by atoms with Crippen molar-refractivity contribution in [2.45, 2.75) is 31.7 Å². The Hall–Kier alpha value is -3.86. The van der Waals surface area contributed by atoms with Crippen molar-refractivity contribution in [2.24, 2.45) is 0 Å². The first-order valence-corrected chi connectivity index (χ1v) is 11.1. The molecule has 0 aliphatic carbocycles. The van der Waals surface area contributed by atoms with Crippen molar-refractivity contribution in [3.63, 3.8) is 0 Å². The summed E-state index contributed by atoms with van der Waals surface area (Å²) in [5.74, 6) is -0.453. The molecule has 4 rings (SSSR count). The topological polar surface area (TPSA) is 134 Å². The van der Waals surface area contributed by atoms with Crippen LogP contribution in [0.1, 0.15) is 41.9 Å². The number of nitrogens with one attached hydrogen (secondary N) is 3. The molecule has 2 aliphatic rings. The molecular formula is C23H28N8O3. The summed E-state index contributed by atoms with van der Waals surface area (Å²) in [5, 5.41) is 8.60. The number of hydrogen-bond donors (Lipinski definition) is 3. The lowest BCUT2D eigenvalue weighted by Gasteiger charge is -2.27. The Morgan fingerprint density at radius 3 is 2.68 bits per heavy atom. The van der Waals surface area contributed by atoms with Crippen molar-refractivity contribution in [1.82, 2.24) is 35.5 Å². The molecule has 2 aromatic heterocycles. The lowest BCUT2D eigenvalue weighted by molar-refractivity contribution is -0.118. The molecule has 0 bridgehead atoms. The van der Waals surface area contributed by atoms with E-state index in [0.29, 0.717) is 36.0 Å². The second kappa shape index (κ2) is 10.4. The number of amides is 2. The van der Waals surface area contributed by atoms with Gasteiger partial charge < -0.3 is 25.6 Å². The van der Waals surface area contributed by atoms with E-state index in [4.69, 9.17) is 4.74 Å². The quantitative estimate of drug-likeness (QED) is 0.581. The number of rotatable bonds is 6. The maximum absolute atomic E-state index is 13.5. The molecular weight excluding hydrogens is 436 g/mol. The number of anilines is 2. The van der Waals surface area contributed by atoms with Crippen molar-refractivity contribution in [3.8, 4) is 0 Å². The summed E-state index contributed by atoms with van der Waals surface area (Å²) in [6, 6.07) is 0.0822. The number of likely N-dealkylation sites (N-methyl/N-ethyl adjacent to an activating group) is 2. The standard InChI is InChI=1S/C23H28N8O3/c1-14-5-4-6-17(20(31(14)3)23(33)24-2)30-22(32)19-21(28-16-9-25-13-26-10-16)27-11-18(29-19)15-7-8-34-12-15/h4,6,9-11,13-15H,5,7-8,12H2,1-3H3,(H,24,33)(H,27,28)(H,30,32). The van der Waals surface area contributed by atoms with Crippen LogP contribution in [0.25, 0.3) is 0 Å². The van der Waals surface area contributed by atoms with Crippen LogP contribution in [0.4, 0.5) is 11.5 Å². The minimum absolute atomic E-state index is 0.0681. The van der Waals surface area contributed by atoms with Gasteiger partial charge in [-0.1, -0.05) is 6.08 Å². The van der Waals surface area contributed by atoms with Gasteiger partial charge in [0.05, 0.1) is 42.3 Å². The van der Waals surface area contributed by atoms with Crippen LogP contribution in [-0.4, -0.2) is 70.0 Å². The summed E-state index contributed by atoms with van der Waals surface area (Å²) in [4.78, 5) is 45.1. The predicted octanol–water partition coefficient (Wildman–Crippen LogP) is 1.48. The third kappa shape index (κ3) is 5.04. The first kappa shape index (κ1) is 23.3. The van der Waals surface area contributed by atoms with E-state index in [1.54, 1.807) is 31.7 Å². The highest BCUT2D eigenvalue weighted by molar-refractivity contribution is 6.00. The lowest BCUT2D eigenvalue weighted by atomic mass is 10.1. The van der Waals surface area contributed by atoms with Crippen molar-refractivity contribution in [1.29, 1.82) is 0 Å². The van der Waals surface area contributed by atoms with Crippen LogP contribution in [0.5, 0.6) is 0 Å². The molecule has 2 unspecified atom stereocenters. The second-order valence-corrected chi connectivity index (χ2v) is 8.20. The molecule has 2 atom stereocenters. The molecule has 2 aromatic rings. The van der Waals surface area contributed by atoms with Crippen LogP contribution in [0.15, 0.2) is 48.5 Å². The zero-order valence-electron chi connectivity index (χ0n) is 19.4. The van der Waals surface area contributed by atoms with Gasteiger partial charge in [0.25, 0.3) is 11.8 Å². The number of nitrogens with zero attached hydrogens (tertiary/aromatic N) is 5. The van der Waals surface area contributed by atoms with Gasteiger partial charge in [0.15, 0.2) is 11.5 Å². The molecule has 11 heteroatoms. The van der Waals surface area contributed by atoms with Gasteiger partial charge >= 0.3 is 0 Å². The molecule has 1 fully saturated rings. The number of aromatic nitrogens is 4. The van der Waals surface area contributed by atoms with Crippen molar-refractivity contribution in [3.05, 3.63) is 59.9 Å². The smallest absolute Gasteiger partial charge is 0.278 e. The fourth-order valence-electron chi connectivity index (χ4n) is 3.83. The molecule has 11 nitrogen and oxygen atoms in total. The van der Waals surface area contributed by atoms with Gasteiger partial charge in [-0.05, 0) is 25.8 Å². The summed E-state index contributed by atoms with van der Waals surface area (Å²) >= 11 is 0. The number of allylic oxidation sites excluding steroid dienone is 1. The van der Waals surface area contributed by atoms with Crippen LogP contribution in [0, 0.1) is 0 Å². The largest absolute Gasteiger partial charge is 0.381 e. The maximum atomic E-state index is 13.5. The van der Waals surface area contributed by atoms with E-state index in [-0.39, 0.29) is 29.4 Å². The van der Waals surface area contributed by atoms with Gasteiger partial charge in [-0.2, -0.15) is 0 Å². The monoisotopic (exact) mass is 464 g/mol. The SMILES string of the molecule is CNC(=O)C1=C(NC(=O)c2nc(C3CCOC3)cnc2Nc2cncnc2)C=CCC(C)N1C. The zero-order valence-corrected chi connectivity index (χ0v) is 19.4. The van der Waals surface area contributed by atoms with Crippen molar-refractivity contribution in [2.75, 3.05) is 32.6 Å². The molecule has 34 heavy (non-hydrogen) atoms. The molecule has 178 valence electrons. The Bertz CT molecular complexity index is 1110. The Labute approximate surface area is 197 Å². The van der Waals surface area contributed by atoms with Crippen LogP contribution < -0.4 is 16.0 Å². The molecule has 2 amide bonds. The minimum atomic E-state index is -0.489. The summed E-state index contributed by atoms with van der Waals surface area (Å²) in [6.45, 7) is 3.19. The van der Waals surface area contributed by atoms with E-state index in [9.17, 15) is 9.59 Å². The third-order valence-electron chi connectivity index (χ3n) is 5.90. The van der Waals surface area contributed by atoms with E-state index in [2.05, 4.69) is 35.9 Å². The first-order chi connectivity index (χ1) is 16.5. The van der Waals surface area contributed by atoms with E-state index < -0.39 is 5.91 Å². The molecule has 0 radical (unpaired) electrons. The van der Waals surface area contributed by atoms with E-state index in [0.717, 1.165) is 12.8 Å². The van der Waals surface area contributed by atoms with Gasteiger partial charge in [0.1, 0.15) is 12.0 Å². The third-order valence-corrected chi connectivity index (χ3v) is 5.90. The van der Waals surface area contributed by atoms with Gasteiger partial charge in [0, 0.05) is 32.7 Å². The highest BCUT2D eigenvalue weighted by Crippen LogP contribution is 2.26. The number of ether oxygens (including phenoxy) is 1. The van der Waals surface area contributed by atoms with E-state index in [1.165, 1.54) is 6.33 Å². The van der Waals surface area contributed by atoms with Crippen LogP contribution in [0.2, 0.25) is 0 Å².